The molecule has 0 unspecified atom stereocenters. The predicted octanol–water partition coefficient (Wildman–Crippen LogP) is 1.24. The first-order valence-electron chi connectivity index (χ1n) is 7.60. The molecule has 0 spiro atoms. The zero-order valence-corrected chi connectivity index (χ0v) is 12.0. The van der Waals surface area contributed by atoms with Crippen LogP contribution in [0, 0.1) is 0 Å². The predicted molar refractivity (Wildman–Crippen MR) is 83.2 cm³/mol. The first-order chi connectivity index (χ1) is 10.4. The number of aromatic nitrogens is 3. The second kappa shape index (κ2) is 5.46. The number of anilines is 1. The Bertz CT molecular complexity index is 655. The van der Waals surface area contributed by atoms with Gasteiger partial charge in [0.2, 0.25) is 0 Å². The largest absolute Gasteiger partial charge is 0.329 e. The molecule has 4 heterocycles. The van der Waals surface area contributed by atoms with Gasteiger partial charge in [-0.15, -0.1) is 0 Å². The van der Waals surface area contributed by atoms with Crippen LogP contribution in [0.15, 0.2) is 30.9 Å². The van der Waals surface area contributed by atoms with Crippen LogP contribution >= 0.6 is 0 Å². The van der Waals surface area contributed by atoms with Crippen LogP contribution in [0.2, 0.25) is 0 Å². The van der Waals surface area contributed by atoms with Crippen molar-refractivity contribution in [3.63, 3.8) is 0 Å². The maximum Gasteiger partial charge on any atom is 0.146 e. The summed E-state index contributed by atoms with van der Waals surface area (Å²) in [5.41, 5.74) is 1.05. The fourth-order valence-corrected chi connectivity index (χ4v) is 3.21. The van der Waals surface area contributed by atoms with Crippen molar-refractivity contribution in [1.82, 2.24) is 25.2 Å². The summed E-state index contributed by atoms with van der Waals surface area (Å²) in [6, 6.07) is 2.69. The zero-order chi connectivity index (χ0) is 14.1. The third kappa shape index (κ3) is 2.30. The SMILES string of the molecule is C1=CN(c2ncnc3c2ccn3C2CCNCC2)CNC1. The zero-order valence-electron chi connectivity index (χ0n) is 12.0. The number of piperidine rings is 1. The molecular weight excluding hydrogens is 264 g/mol. The molecule has 2 aliphatic rings. The van der Waals surface area contributed by atoms with Crippen molar-refractivity contribution in [3.05, 3.63) is 30.9 Å². The van der Waals surface area contributed by atoms with Gasteiger partial charge in [0, 0.05) is 25.0 Å². The molecule has 0 amide bonds. The molecule has 1 fully saturated rings. The third-order valence-corrected chi connectivity index (χ3v) is 4.29. The summed E-state index contributed by atoms with van der Waals surface area (Å²) in [6.45, 7) is 3.88. The summed E-state index contributed by atoms with van der Waals surface area (Å²) in [7, 11) is 0. The van der Waals surface area contributed by atoms with E-state index in [2.05, 4.69) is 54.6 Å². The minimum absolute atomic E-state index is 0.543. The lowest BCUT2D eigenvalue weighted by Crippen LogP contribution is -2.34. The van der Waals surface area contributed by atoms with Gasteiger partial charge in [-0.2, -0.15) is 0 Å². The molecule has 4 rings (SSSR count). The van der Waals surface area contributed by atoms with Crippen molar-refractivity contribution < 1.29 is 0 Å². The summed E-state index contributed by atoms with van der Waals surface area (Å²) in [6.07, 6.45) is 10.4. The van der Waals surface area contributed by atoms with E-state index < -0.39 is 0 Å². The first-order valence-corrected chi connectivity index (χ1v) is 7.60. The Morgan fingerprint density at radius 1 is 1.14 bits per heavy atom. The van der Waals surface area contributed by atoms with Crippen LogP contribution in [0.5, 0.6) is 0 Å². The van der Waals surface area contributed by atoms with Gasteiger partial charge < -0.3 is 14.8 Å². The first kappa shape index (κ1) is 12.8. The summed E-state index contributed by atoms with van der Waals surface area (Å²) in [4.78, 5) is 11.2. The van der Waals surface area contributed by atoms with Gasteiger partial charge >= 0.3 is 0 Å². The van der Waals surface area contributed by atoms with Crippen molar-refractivity contribution >= 4 is 16.9 Å². The lowest BCUT2D eigenvalue weighted by atomic mass is 10.1. The molecule has 0 aromatic carbocycles. The highest BCUT2D eigenvalue weighted by Gasteiger charge is 2.19. The second-order valence-electron chi connectivity index (χ2n) is 5.61. The lowest BCUT2D eigenvalue weighted by Gasteiger charge is -2.25. The molecule has 2 aliphatic heterocycles. The highest BCUT2D eigenvalue weighted by molar-refractivity contribution is 5.88. The van der Waals surface area contributed by atoms with Crippen molar-refractivity contribution in [2.75, 3.05) is 31.2 Å². The maximum absolute atomic E-state index is 4.53. The van der Waals surface area contributed by atoms with Crippen molar-refractivity contribution in [2.45, 2.75) is 18.9 Å². The molecule has 2 aromatic heterocycles. The van der Waals surface area contributed by atoms with Crippen molar-refractivity contribution in [1.29, 1.82) is 0 Å². The second-order valence-corrected chi connectivity index (χ2v) is 5.61. The van der Waals surface area contributed by atoms with E-state index in [9.17, 15) is 0 Å². The molecule has 2 aromatic rings. The molecule has 6 nitrogen and oxygen atoms in total. The average molecular weight is 284 g/mol. The highest BCUT2D eigenvalue weighted by atomic mass is 15.3. The third-order valence-electron chi connectivity index (χ3n) is 4.29. The van der Waals surface area contributed by atoms with Crippen LogP contribution in [-0.2, 0) is 0 Å². The van der Waals surface area contributed by atoms with Gasteiger partial charge in [0.25, 0.3) is 0 Å². The lowest BCUT2D eigenvalue weighted by molar-refractivity contribution is 0.375. The monoisotopic (exact) mass is 284 g/mol. The highest BCUT2D eigenvalue weighted by Crippen LogP contribution is 2.29. The Balaban J connectivity index is 1.75. The number of rotatable bonds is 2. The minimum Gasteiger partial charge on any atom is -0.329 e. The fraction of sp³-hybridized carbons (Fsp3) is 0.467. The molecule has 21 heavy (non-hydrogen) atoms. The molecule has 0 radical (unpaired) electrons. The Morgan fingerprint density at radius 3 is 2.86 bits per heavy atom. The Hall–Kier alpha value is -1.92. The molecule has 2 N–H and O–H groups in total. The van der Waals surface area contributed by atoms with E-state index in [4.69, 9.17) is 0 Å². The molecule has 0 saturated carbocycles. The van der Waals surface area contributed by atoms with Crippen molar-refractivity contribution in [2.24, 2.45) is 0 Å². The van der Waals surface area contributed by atoms with Gasteiger partial charge in [-0.3, -0.25) is 5.32 Å². The van der Waals surface area contributed by atoms with Gasteiger partial charge in [0.15, 0.2) is 0 Å². The number of hydrogen-bond donors (Lipinski definition) is 2. The molecule has 110 valence electrons. The Kier molecular flexibility index (Phi) is 3.33. The molecule has 0 bridgehead atoms. The number of hydrogen-bond acceptors (Lipinski definition) is 5. The molecule has 6 heteroatoms. The quantitative estimate of drug-likeness (QED) is 0.869. The average Bonchev–Trinajstić information content (AvgIpc) is 3.00. The normalized spacial score (nSPS) is 20.3. The van der Waals surface area contributed by atoms with E-state index >= 15 is 0 Å². The molecule has 1 saturated heterocycles. The topological polar surface area (TPSA) is 58.0 Å². The van der Waals surface area contributed by atoms with Gasteiger partial charge in [-0.1, -0.05) is 6.08 Å². The summed E-state index contributed by atoms with van der Waals surface area (Å²) in [5.74, 6) is 0.983. The molecule has 0 atom stereocenters. The van der Waals surface area contributed by atoms with E-state index in [0.29, 0.717) is 6.04 Å². The molecule has 0 aliphatic carbocycles. The van der Waals surface area contributed by atoms with E-state index in [-0.39, 0.29) is 0 Å². The summed E-state index contributed by atoms with van der Waals surface area (Å²) >= 11 is 0. The van der Waals surface area contributed by atoms with Crippen LogP contribution in [0.1, 0.15) is 18.9 Å². The van der Waals surface area contributed by atoms with Crippen LogP contribution < -0.4 is 15.5 Å². The van der Waals surface area contributed by atoms with Crippen molar-refractivity contribution in [3.8, 4) is 0 Å². The van der Waals surface area contributed by atoms with Crippen LogP contribution in [0.3, 0.4) is 0 Å². The number of nitrogens with one attached hydrogen (secondary N) is 2. The van der Waals surface area contributed by atoms with Gasteiger partial charge in [0.05, 0.1) is 12.1 Å². The van der Waals surface area contributed by atoms with E-state index in [1.807, 2.05) is 0 Å². The Morgan fingerprint density at radius 2 is 2.05 bits per heavy atom. The van der Waals surface area contributed by atoms with Gasteiger partial charge in [-0.05, 0) is 32.0 Å². The number of nitrogens with zero attached hydrogens (tertiary/aromatic N) is 4. The van der Waals surface area contributed by atoms with Crippen LogP contribution in [0.4, 0.5) is 5.82 Å². The summed E-state index contributed by atoms with van der Waals surface area (Å²) in [5, 5.41) is 7.88. The fourth-order valence-electron chi connectivity index (χ4n) is 3.21. The van der Waals surface area contributed by atoms with E-state index in [0.717, 1.165) is 56.0 Å². The Labute approximate surface area is 123 Å². The smallest absolute Gasteiger partial charge is 0.146 e. The number of fused-ring (bicyclic) bond motifs is 1. The molecular formula is C15H20N6. The maximum atomic E-state index is 4.53. The van der Waals surface area contributed by atoms with E-state index in [1.54, 1.807) is 6.33 Å². The minimum atomic E-state index is 0.543. The standard InChI is InChI=1S/C15H20N6/c1-5-17-11-20(8-1)14-13-4-9-21(15(13)19-10-18-14)12-2-6-16-7-3-12/h1,4,8-10,12,16-17H,2-3,5-7,11H2. The van der Waals surface area contributed by atoms with Gasteiger partial charge in [-0.25, -0.2) is 9.97 Å². The van der Waals surface area contributed by atoms with Crippen LogP contribution in [-0.4, -0.2) is 40.8 Å². The van der Waals surface area contributed by atoms with Gasteiger partial charge in [0.1, 0.15) is 17.8 Å². The van der Waals surface area contributed by atoms with E-state index in [1.165, 1.54) is 0 Å². The summed E-state index contributed by atoms with van der Waals surface area (Å²) < 4.78 is 2.32. The van der Waals surface area contributed by atoms with Crippen LogP contribution in [0.25, 0.3) is 11.0 Å².